The van der Waals surface area contributed by atoms with Crippen LogP contribution < -0.4 is 5.73 Å². The first kappa shape index (κ1) is 8.53. The lowest BCUT2D eigenvalue weighted by atomic mass is 9.82. The van der Waals surface area contributed by atoms with Gasteiger partial charge in [0.1, 0.15) is 0 Å². The summed E-state index contributed by atoms with van der Waals surface area (Å²) in [6.45, 7) is 3.84. The van der Waals surface area contributed by atoms with Crippen LogP contribution >= 0.6 is 0 Å². The van der Waals surface area contributed by atoms with Gasteiger partial charge < -0.3 is 5.73 Å². The molecule has 0 amide bonds. The van der Waals surface area contributed by atoms with Gasteiger partial charge in [0.25, 0.3) is 0 Å². The van der Waals surface area contributed by atoms with E-state index in [9.17, 15) is 0 Å². The molecule has 50 valence electrons. The molecule has 0 aromatic heterocycles. The number of amidine groups is 1. The van der Waals surface area contributed by atoms with E-state index < -0.39 is 0 Å². The molecule has 0 aromatic rings. The average molecular weight is 124 g/mol. The van der Waals surface area contributed by atoms with Crippen LogP contribution in [0.5, 0.6) is 0 Å². The van der Waals surface area contributed by atoms with Gasteiger partial charge in [0, 0.05) is 5.41 Å². The first-order valence-corrected chi connectivity index (χ1v) is 3.05. The van der Waals surface area contributed by atoms with Gasteiger partial charge in [0.05, 0.1) is 13.7 Å². The normalized spacial score (nSPS) is 11.3. The van der Waals surface area contributed by atoms with Crippen molar-refractivity contribution in [3.63, 3.8) is 0 Å². The summed E-state index contributed by atoms with van der Waals surface area (Å²) >= 11 is 0. The summed E-state index contributed by atoms with van der Waals surface area (Å²) in [6, 6.07) is 0. The maximum absolute atomic E-state index is 7.12. The number of rotatable bonds is 3. The van der Waals surface area contributed by atoms with E-state index in [-0.39, 0.29) is 11.3 Å². The molecule has 0 spiro atoms. The molecule has 0 heterocycles. The monoisotopic (exact) mass is 124 g/mol. The summed E-state index contributed by atoms with van der Waals surface area (Å²) < 4.78 is 0. The molecule has 3 N–H and O–H groups in total. The minimum Gasteiger partial charge on any atom is -0.387 e. The van der Waals surface area contributed by atoms with E-state index in [0.717, 1.165) is 6.42 Å². The smallest absolute Gasteiger partial charge is 0.0962 e. The molecule has 2 radical (unpaired) electrons. The molecule has 2 nitrogen and oxygen atoms in total. The maximum atomic E-state index is 7.12. The maximum Gasteiger partial charge on any atom is 0.0962 e. The van der Waals surface area contributed by atoms with Crippen molar-refractivity contribution in [2.24, 2.45) is 11.1 Å². The molecule has 9 heavy (non-hydrogen) atoms. The van der Waals surface area contributed by atoms with Gasteiger partial charge in [0.15, 0.2) is 0 Å². The number of hydrogen-bond acceptors (Lipinski definition) is 1. The van der Waals surface area contributed by atoms with Gasteiger partial charge in [-0.25, -0.2) is 0 Å². The Bertz CT molecular complexity index is 110. The van der Waals surface area contributed by atoms with E-state index >= 15 is 0 Å². The van der Waals surface area contributed by atoms with E-state index in [1.54, 1.807) is 0 Å². The highest BCUT2D eigenvalue weighted by molar-refractivity contribution is 6.08. The van der Waals surface area contributed by atoms with Gasteiger partial charge in [-0.15, -0.1) is 0 Å². The van der Waals surface area contributed by atoms with Crippen LogP contribution in [0.1, 0.15) is 20.3 Å². The number of hydrogen-bond donors (Lipinski definition) is 2. The van der Waals surface area contributed by atoms with Crippen molar-refractivity contribution in [1.29, 1.82) is 5.41 Å². The second-order valence-electron chi connectivity index (χ2n) is 2.84. The first-order chi connectivity index (χ1) is 4.00. The second-order valence-corrected chi connectivity index (χ2v) is 2.84. The molecule has 0 aliphatic rings. The highest BCUT2D eigenvalue weighted by Gasteiger charge is 2.19. The molecule has 0 saturated carbocycles. The van der Waals surface area contributed by atoms with Crippen molar-refractivity contribution < 1.29 is 0 Å². The first-order valence-electron chi connectivity index (χ1n) is 3.05. The SMILES string of the molecule is [B]CCC(C)(C)C(=N)N. The van der Waals surface area contributed by atoms with Gasteiger partial charge in [-0.05, 0) is 6.42 Å². The molecule has 0 rings (SSSR count). The summed E-state index contributed by atoms with van der Waals surface area (Å²) in [6.07, 6.45) is 1.37. The molecular formula is C6H13BN2. The molecule has 0 atom stereocenters. The van der Waals surface area contributed by atoms with Crippen LogP contribution in [-0.2, 0) is 0 Å². The Hall–Kier alpha value is -0.465. The van der Waals surface area contributed by atoms with Crippen molar-refractivity contribution in [1.82, 2.24) is 0 Å². The van der Waals surface area contributed by atoms with Crippen molar-refractivity contribution in [3.05, 3.63) is 0 Å². The number of nitrogens with two attached hydrogens (primary N) is 1. The van der Waals surface area contributed by atoms with Gasteiger partial charge in [-0.3, -0.25) is 5.41 Å². The third kappa shape index (κ3) is 2.54. The molecule has 0 unspecified atom stereocenters. The fraction of sp³-hybridized carbons (Fsp3) is 0.833. The van der Waals surface area contributed by atoms with E-state index in [1.165, 1.54) is 0 Å². The van der Waals surface area contributed by atoms with Crippen LogP contribution in [0.4, 0.5) is 0 Å². The Kier molecular flexibility index (Phi) is 2.75. The lowest BCUT2D eigenvalue weighted by Crippen LogP contribution is -2.30. The Balaban J connectivity index is 3.85. The summed E-state index contributed by atoms with van der Waals surface area (Å²) in [7, 11) is 5.30. The Labute approximate surface area is 57.7 Å². The Morgan fingerprint density at radius 3 is 2.22 bits per heavy atom. The predicted molar refractivity (Wildman–Crippen MR) is 40.9 cm³/mol. The van der Waals surface area contributed by atoms with Crippen LogP contribution in [-0.4, -0.2) is 13.7 Å². The molecule has 0 saturated heterocycles. The molecule has 0 aromatic carbocycles. The zero-order valence-corrected chi connectivity index (χ0v) is 6.07. The van der Waals surface area contributed by atoms with Crippen LogP contribution in [0.3, 0.4) is 0 Å². The summed E-state index contributed by atoms with van der Waals surface area (Å²) in [5.74, 6) is 0.216. The Morgan fingerprint density at radius 2 is 2.11 bits per heavy atom. The van der Waals surface area contributed by atoms with Crippen molar-refractivity contribution in [3.8, 4) is 0 Å². The predicted octanol–water partition coefficient (Wildman–Crippen LogP) is 0.925. The van der Waals surface area contributed by atoms with Gasteiger partial charge in [-0.2, -0.15) is 0 Å². The lowest BCUT2D eigenvalue weighted by Gasteiger charge is -2.21. The largest absolute Gasteiger partial charge is 0.387 e. The fourth-order valence-electron chi connectivity index (χ4n) is 0.496. The van der Waals surface area contributed by atoms with Crippen molar-refractivity contribution in [2.45, 2.75) is 26.6 Å². The van der Waals surface area contributed by atoms with E-state index in [4.69, 9.17) is 19.0 Å². The topological polar surface area (TPSA) is 49.9 Å². The summed E-state index contributed by atoms with van der Waals surface area (Å²) in [5, 5.41) is 7.12. The molecular weight excluding hydrogens is 111 g/mol. The minimum atomic E-state index is -0.214. The Morgan fingerprint density at radius 1 is 1.67 bits per heavy atom. The molecule has 0 aliphatic carbocycles. The van der Waals surface area contributed by atoms with Crippen molar-refractivity contribution >= 4 is 13.7 Å². The van der Waals surface area contributed by atoms with Gasteiger partial charge >= 0.3 is 0 Å². The summed E-state index contributed by atoms with van der Waals surface area (Å²) in [5.41, 5.74) is 5.07. The minimum absolute atomic E-state index is 0.214. The zero-order chi connectivity index (χ0) is 7.49. The standard InChI is InChI=1S/C6H13BN2/c1-6(2,3-4-7)5(8)9/h3-4H2,1-2H3,(H3,8,9). The highest BCUT2D eigenvalue weighted by Crippen LogP contribution is 2.20. The molecule has 0 aliphatic heterocycles. The number of nitrogens with one attached hydrogen (secondary N) is 1. The van der Waals surface area contributed by atoms with Crippen LogP contribution in [0, 0.1) is 10.8 Å². The van der Waals surface area contributed by atoms with E-state index in [0.29, 0.717) is 6.32 Å². The fourth-order valence-corrected chi connectivity index (χ4v) is 0.496. The van der Waals surface area contributed by atoms with Gasteiger partial charge in [0.2, 0.25) is 0 Å². The third-order valence-electron chi connectivity index (χ3n) is 1.50. The molecule has 0 bridgehead atoms. The van der Waals surface area contributed by atoms with E-state index in [2.05, 4.69) is 0 Å². The second kappa shape index (κ2) is 2.90. The summed E-state index contributed by atoms with van der Waals surface area (Å²) in [4.78, 5) is 0. The molecule has 0 fully saturated rings. The van der Waals surface area contributed by atoms with Crippen LogP contribution in [0.2, 0.25) is 6.32 Å². The third-order valence-corrected chi connectivity index (χ3v) is 1.50. The van der Waals surface area contributed by atoms with Crippen LogP contribution in [0.15, 0.2) is 0 Å². The molecule has 3 heteroatoms. The van der Waals surface area contributed by atoms with Gasteiger partial charge in [-0.1, -0.05) is 20.2 Å². The van der Waals surface area contributed by atoms with Crippen LogP contribution in [0.25, 0.3) is 0 Å². The van der Waals surface area contributed by atoms with Crippen molar-refractivity contribution in [2.75, 3.05) is 0 Å². The quantitative estimate of drug-likeness (QED) is 0.328. The van der Waals surface area contributed by atoms with E-state index in [1.807, 2.05) is 13.8 Å². The lowest BCUT2D eigenvalue weighted by molar-refractivity contribution is 0.495. The average Bonchev–Trinajstić information content (AvgIpc) is 1.65. The highest BCUT2D eigenvalue weighted by atomic mass is 14.7. The zero-order valence-electron chi connectivity index (χ0n) is 6.07.